The number of nitrogens with zero attached hydrogens (tertiary/aromatic N) is 4. The van der Waals surface area contributed by atoms with Crippen LogP contribution in [0.3, 0.4) is 0 Å². The summed E-state index contributed by atoms with van der Waals surface area (Å²) in [6, 6.07) is 15.0. The van der Waals surface area contributed by atoms with E-state index in [2.05, 4.69) is 15.3 Å². The predicted molar refractivity (Wildman–Crippen MR) is 130 cm³/mol. The monoisotopic (exact) mass is 467 g/mol. The molecule has 0 bridgehead atoms. The number of sulfonamides is 1. The number of anilines is 3. The van der Waals surface area contributed by atoms with Crippen molar-refractivity contribution >= 4 is 27.5 Å². The fourth-order valence-electron chi connectivity index (χ4n) is 3.83. The molecule has 2 heterocycles. The average molecular weight is 468 g/mol. The highest BCUT2D eigenvalue weighted by Gasteiger charge is 2.30. The largest absolute Gasteiger partial charge is 0.496 e. The van der Waals surface area contributed by atoms with Crippen LogP contribution in [0.2, 0.25) is 0 Å². The standard InChI is InChI=1S/C24H29N5O3S/c1-17-5-7-20(8-6-17)26-23-16-19(3)25-24(27-23)28-11-13-29(14-12-28)33(30,31)21-9-10-22(32-4)18(2)15-21/h5-10,15-16H,11-14H2,1-4H3,(H,25,26,27). The van der Waals surface area contributed by atoms with Crippen LogP contribution in [0.15, 0.2) is 53.4 Å². The summed E-state index contributed by atoms with van der Waals surface area (Å²) in [5.41, 5.74) is 3.78. The minimum Gasteiger partial charge on any atom is -0.496 e. The molecule has 0 radical (unpaired) electrons. The Kier molecular flexibility index (Phi) is 6.53. The molecule has 2 aromatic carbocycles. The van der Waals surface area contributed by atoms with Gasteiger partial charge in [-0.05, 0) is 56.7 Å². The normalized spacial score (nSPS) is 14.8. The van der Waals surface area contributed by atoms with Gasteiger partial charge in [-0.25, -0.2) is 13.4 Å². The molecule has 3 aromatic rings. The molecule has 0 amide bonds. The van der Waals surface area contributed by atoms with Crippen molar-refractivity contribution in [1.29, 1.82) is 0 Å². The first-order chi connectivity index (χ1) is 15.8. The lowest BCUT2D eigenvalue weighted by Gasteiger charge is -2.34. The summed E-state index contributed by atoms with van der Waals surface area (Å²) in [5, 5.41) is 3.33. The molecular weight excluding hydrogens is 438 g/mol. The fraction of sp³-hybridized carbons (Fsp3) is 0.333. The Labute approximate surface area is 195 Å². The third-order valence-electron chi connectivity index (χ3n) is 5.69. The molecule has 9 heteroatoms. The van der Waals surface area contributed by atoms with Gasteiger partial charge in [-0.15, -0.1) is 0 Å². The van der Waals surface area contributed by atoms with Crippen molar-refractivity contribution in [3.05, 3.63) is 65.4 Å². The predicted octanol–water partition coefficient (Wildman–Crippen LogP) is 3.66. The Hall–Kier alpha value is -3.17. The third kappa shape index (κ3) is 5.09. The minimum absolute atomic E-state index is 0.283. The second kappa shape index (κ2) is 9.36. The number of rotatable bonds is 6. The van der Waals surface area contributed by atoms with Crippen LogP contribution in [-0.2, 0) is 10.0 Å². The maximum Gasteiger partial charge on any atom is 0.243 e. The van der Waals surface area contributed by atoms with Crippen molar-refractivity contribution < 1.29 is 13.2 Å². The van der Waals surface area contributed by atoms with Gasteiger partial charge in [-0.1, -0.05) is 17.7 Å². The molecule has 1 N–H and O–H groups in total. The van der Waals surface area contributed by atoms with Crippen molar-refractivity contribution in [2.45, 2.75) is 25.7 Å². The summed E-state index contributed by atoms with van der Waals surface area (Å²) in [7, 11) is -2.00. The molecule has 1 aliphatic heterocycles. The van der Waals surface area contributed by atoms with E-state index in [-0.39, 0.29) is 4.90 Å². The maximum atomic E-state index is 13.1. The third-order valence-corrected chi connectivity index (χ3v) is 7.59. The summed E-state index contributed by atoms with van der Waals surface area (Å²) >= 11 is 0. The minimum atomic E-state index is -3.58. The summed E-state index contributed by atoms with van der Waals surface area (Å²) in [5.74, 6) is 1.98. The highest BCUT2D eigenvalue weighted by Crippen LogP contribution is 2.25. The molecule has 0 atom stereocenters. The van der Waals surface area contributed by atoms with Crippen molar-refractivity contribution in [1.82, 2.24) is 14.3 Å². The van der Waals surface area contributed by atoms with Crippen LogP contribution in [0.25, 0.3) is 0 Å². The van der Waals surface area contributed by atoms with Gasteiger partial charge in [0.15, 0.2) is 0 Å². The van der Waals surface area contributed by atoms with Gasteiger partial charge in [0.05, 0.1) is 12.0 Å². The van der Waals surface area contributed by atoms with Gasteiger partial charge in [0.1, 0.15) is 11.6 Å². The zero-order chi connectivity index (χ0) is 23.6. The number of hydrogen-bond donors (Lipinski definition) is 1. The highest BCUT2D eigenvalue weighted by molar-refractivity contribution is 7.89. The van der Waals surface area contributed by atoms with Gasteiger partial charge in [0.2, 0.25) is 16.0 Å². The van der Waals surface area contributed by atoms with Crippen LogP contribution in [-0.4, -0.2) is 56.0 Å². The first-order valence-corrected chi connectivity index (χ1v) is 12.3. The van der Waals surface area contributed by atoms with E-state index in [1.807, 2.05) is 56.0 Å². The van der Waals surface area contributed by atoms with Crippen LogP contribution >= 0.6 is 0 Å². The van der Waals surface area contributed by atoms with Gasteiger partial charge in [-0.2, -0.15) is 9.29 Å². The number of piperazine rings is 1. The number of nitrogens with one attached hydrogen (secondary N) is 1. The van der Waals surface area contributed by atoms with Gasteiger partial charge in [0, 0.05) is 43.6 Å². The van der Waals surface area contributed by atoms with Crippen LogP contribution in [0.5, 0.6) is 5.75 Å². The Balaban J connectivity index is 1.46. The molecule has 0 saturated carbocycles. The lowest BCUT2D eigenvalue weighted by atomic mass is 10.2. The fourth-order valence-corrected chi connectivity index (χ4v) is 5.34. The van der Waals surface area contributed by atoms with E-state index in [1.54, 1.807) is 25.3 Å². The average Bonchev–Trinajstić information content (AvgIpc) is 2.80. The van der Waals surface area contributed by atoms with E-state index in [1.165, 1.54) is 9.87 Å². The van der Waals surface area contributed by atoms with Gasteiger partial charge in [0.25, 0.3) is 0 Å². The lowest BCUT2D eigenvalue weighted by Crippen LogP contribution is -2.49. The zero-order valence-electron chi connectivity index (χ0n) is 19.4. The molecule has 0 aliphatic carbocycles. The molecule has 0 spiro atoms. The second-order valence-corrected chi connectivity index (χ2v) is 10.1. The quantitative estimate of drug-likeness (QED) is 0.592. The molecule has 174 valence electrons. The Morgan fingerprint density at radius 2 is 1.61 bits per heavy atom. The molecular formula is C24H29N5O3S. The highest BCUT2D eigenvalue weighted by atomic mass is 32.2. The molecule has 1 aromatic heterocycles. The van der Waals surface area contributed by atoms with E-state index in [9.17, 15) is 8.42 Å². The number of hydrogen-bond acceptors (Lipinski definition) is 7. The van der Waals surface area contributed by atoms with E-state index < -0.39 is 10.0 Å². The summed E-state index contributed by atoms with van der Waals surface area (Å²) < 4.78 is 33.1. The van der Waals surface area contributed by atoms with Crippen molar-refractivity contribution in [2.24, 2.45) is 0 Å². The SMILES string of the molecule is COc1ccc(S(=O)(=O)N2CCN(c3nc(C)cc(Nc4ccc(C)cc4)n3)CC2)cc1C. The summed E-state index contributed by atoms with van der Waals surface area (Å²) in [4.78, 5) is 11.6. The van der Waals surface area contributed by atoms with Crippen molar-refractivity contribution in [3.8, 4) is 5.75 Å². The smallest absolute Gasteiger partial charge is 0.243 e. The van der Waals surface area contributed by atoms with Crippen molar-refractivity contribution in [3.63, 3.8) is 0 Å². The topological polar surface area (TPSA) is 87.7 Å². The Morgan fingerprint density at radius 3 is 2.24 bits per heavy atom. The maximum absolute atomic E-state index is 13.1. The van der Waals surface area contributed by atoms with Crippen LogP contribution in [0.4, 0.5) is 17.5 Å². The number of aromatic nitrogens is 2. The van der Waals surface area contributed by atoms with Crippen LogP contribution in [0.1, 0.15) is 16.8 Å². The lowest BCUT2D eigenvalue weighted by molar-refractivity contribution is 0.382. The van der Waals surface area contributed by atoms with E-state index in [4.69, 9.17) is 4.74 Å². The Morgan fingerprint density at radius 1 is 0.909 bits per heavy atom. The molecule has 1 fully saturated rings. The number of ether oxygens (including phenoxy) is 1. The molecule has 1 aliphatic rings. The summed E-state index contributed by atoms with van der Waals surface area (Å²) in [6.45, 7) is 7.58. The number of methoxy groups -OCH3 is 1. The molecule has 33 heavy (non-hydrogen) atoms. The van der Waals surface area contributed by atoms with Gasteiger partial charge < -0.3 is 15.0 Å². The molecule has 8 nitrogen and oxygen atoms in total. The number of benzene rings is 2. The van der Waals surface area contributed by atoms with Gasteiger partial charge in [-0.3, -0.25) is 0 Å². The molecule has 0 unspecified atom stereocenters. The van der Waals surface area contributed by atoms with Gasteiger partial charge >= 0.3 is 0 Å². The van der Waals surface area contributed by atoms with E-state index in [0.29, 0.717) is 43.7 Å². The van der Waals surface area contributed by atoms with Crippen molar-refractivity contribution in [2.75, 3.05) is 43.5 Å². The Bertz CT molecular complexity index is 1240. The molecule has 4 rings (SSSR count). The van der Waals surface area contributed by atoms with Crippen LogP contribution < -0.4 is 15.0 Å². The first kappa shape index (κ1) is 23.0. The van der Waals surface area contributed by atoms with E-state index >= 15 is 0 Å². The van der Waals surface area contributed by atoms with E-state index in [0.717, 1.165) is 16.9 Å². The number of aryl methyl sites for hydroxylation is 3. The van der Waals surface area contributed by atoms with Crippen LogP contribution in [0, 0.1) is 20.8 Å². The first-order valence-electron chi connectivity index (χ1n) is 10.9. The zero-order valence-corrected chi connectivity index (χ0v) is 20.2. The second-order valence-electron chi connectivity index (χ2n) is 8.21. The summed E-state index contributed by atoms with van der Waals surface area (Å²) in [6.07, 6.45) is 0. The molecule has 1 saturated heterocycles.